The van der Waals surface area contributed by atoms with Gasteiger partial charge in [0.25, 0.3) is 10.1 Å². The molecule has 4 rings (SSSR count). The second-order valence-electron chi connectivity index (χ2n) is 8.90. The summed E-state index contributed by atoms with van der Waals surface area (Å²) in [6.45, 7) is 1.97. The van der Waals surface area contributed by atoms with Crippen molar-refractivity contribution < 1.29 is 31.7 Å². The average molecular weight is 509 g/mol. The molecule has 2 atom stereocenters. The summed E-state index contributed by atoms with van der Waals surface area (Å²) in [6.07, 6.45) is 0.680. The van der Waals surface area contributed by atoms with Gasteiger partial charge in [0.05, 0.1) is 35.8 Å². The van der Waals surface area contributed by atoms with Crippen LogP contribution < -0.4 is 0 Å². The van der Waals surface area contributed by atoms with Crippen LogP contribution in [0, 0.1) is 24.7 Å². The number of benzene rings is 3. The molecule has 1 aliphatic rings. The number of rotatable bonds is 11. The van der Waals surface area contributed by atoms with Gasteiger partial charge in [-0.1, -0.05) is 54.1 Å². The van der Waals surface area contributed by atoms with Crippen LogP contribution in [0.2, 0.25) is 0 Å². The zero-order chi connectivity index (χ0) is 25.5. The molecular weight excluding hydrogens is 480 g/mol. The van der Waals surface area contributed by atoms with E-state index in [2.05, 4.69) is 0 Å². The highest BCUT2D eigenvalue weighted by atomic mass is 32.2. The summed E-state index contributed by atoms with van der Waals surface area (Å²) in [5.74, 6) is -1.29. The summed E-state index contributed by atoms with van der Waals surface area (Å²) in [6, 6.07) is 23.7. The maximum Gasteiger partial charge on any atom is 0.338 e. The minimum absolute atomic E-state index is 0.00892. The molecule has 2 unspecified atom stereocenters. The quantitative estimate of drug-likeness (QED) is 0.274. The third kappa shape index (κ3) is 6.80. The van der Waals surface area contributed by atoms with Crippen molar-refractivity contribution >= 4 is 22.1 Å². The van der Waals surface area contributed by atoms with Gasteiger partial charge < -0.3 is 9.47 Å². The normalized spacial score (nSPS) is 16.9. The van der Waals surface area contributed by atoms with Crippen molar-refractivity contribution in [2.45, 2.75) is 18.2 Å². The molecule has 36 heavy (non-hydrogen) atoms. The first kappa shape index (κ1) is 25.6. The number of esters is 2. The van der Waals surface area contributed by atoms with Crippen molar-refractivity contribution in [2.75, 3.05) is 19.8 Å². The van der Waals surface area contributed by atoms with E-state index in [-0.39, 0.29) is 42.5 Å². The van der Waals surface area contributed by atoms with E-state index in [4.69, 9.17) is 13.7 Å². The number of ether oxygens (including phenoxy) is 2. The smallest absolute Gasteiger partial charge is 0.338 e. The summed E-state index contributed by atoms with van der Waals surface area (Å²) < 4.78 is 41.4. The molecule has 7 nitrogen and oxygen atoms in total. The molecule has 1 saturated carbocycles. The fraction of sp³-hybridized carbons (Fsp3) is 0.286. The van der Waals surface area contributed by atoms with E-state index in [1.807, 2.05) is 19.1 Å². The number of aryl methyl sites for hydroxylation is 1. The summed E-state index contributed by atoms with van der Waals surface area (Å²) in [7, 11) is -3.88. The van der Waals surface area contributed by atoms with Gasteiger partial charge in [-0.25, -0.2) is 9.59 Å². The highest BCUT2D eigenvalue weighted by Gasteiger charge is 2.45. The molecule has 1 fully saturated rings. The van der Waals surface area contributed by atoms with Crippen LogP contribution in [0.15, 0.2) is 89.8 Å². The maximum atomic E-state index is 12.5. The molecule has 0 radical (unpaired) electrons. The zero-order valence-corrected chi connectivity index (χ0v) is 20.7. The Bertz CT molecular complexity index is 1220. The van der Waals surface area contributed by atoms with Gasteiger partial charge in [-0.2, -0.15) is 8.42 Å². The van der Waals surface area contributed by atoms with Crippen LogP contribution >= 0.6 is 0 Å². The largest absolute Gasteiger partial charge is 0.462 e. The molecule has 0 aromatic heterocycles. The van der Waals surface area contributed by atoms with E-state index in [9.17, 15) is 18.0 Å². The second-order valence-corrected chi connectivity index (χ2v) is 10.5. The summed E-state index contributed by atoms with van der Waals surface area (Å²) >= 11 is 0. The van der Waals surface area contributed by atoms with Gasteiger partial charge in [-0.05, 0) is 61.6 Å². The van der Waals surface area contributed by atoms with Gasteiger partial charge in [0.1, 0.15) is 0 Å². The molecule has 8 heteroatoms. The van der Waals surface area contributed by atoms with Gasteiger partial charge >= 0.3 is 11.9 Å². The molecule has 188 valence electrons. The molecule has 0 bridgehead atoms. The summed E-state index contributed by atoms with van der Waals surface area (Å²) in [5.41, 5.74) is 1.81. The Morgan fingerprint density at radius 3 is 1.81 bits per heavy atom. The lowest BCUT2D eigenvalue weighted by Crippen LogP contribution is -2.24. The van der Waals surface area contributed by atoms with Gasteiger partial charge in [0, 0.05) is 5.92 Å². The van der Waals surface area contributed by atoms with Crippen LogP contribution in [-0.2, 0) is 23.8 Å². The van der Waals surface area contributed by atoms with Gasteiger partial charge in [0.15, 0.2) is 0 Å². The van der Waals surface area contributed by atoms with Crippen molar-refractivity contribution in [3.8, 4) is 0 Å². The Morgan fingerprint density at radius 2 is 1.31 bits per heavy atom. The highest BCUT2D eigenvalue weighted by Crippen LogP contribution is 2.45. The summed E-state index contributed by atoms with van der Waals surface area (Å²) in [5, 5.41) is 0. The van der Waals surface area contributed by atoms with Crippen molar-refractivity contribution in [2.24, 2.45) is 17.8 Å². The Balaban J connectivity index is 1.36. The molecule has 0 spiro atoms. The van der Waals surface area contributed by atoms with Crippen molar-refractivity contribution in [3.63, 3.8) is 0 Å². The lowest BCUT2D eigenvalue weighted by molar-refractivity contribution is 0.0215. The molecule has 0 amide bonds. The van der Waals surface area contributed by atoms with Gasteiger partial charge in [-0.15, -0.1) is 0 Å². The van der Waals surface area contributed by atoms with Crippen LogP contribution in [0.4, 0.5) is 0 Å². The van der Waals surface area contributed by atoms with Crippen LogP contribution in [0.25, 0.3) is 0 Å². The van der Waals surface area contributed by atoms with E-state index < -0.39 is 22.1 Å². The van der Waals surface area contributed by atoms with E-state index >= 15 is 0 Å². The van der Waals surface area contributed by atoms with Gasteiger partial charge in [-0.3, -0.25) is 4.18 Å². The maximum absolute atomic E-state index is 12.5. The summed E-state index contributed by atoms with van der Waals surface area (Å²) in [4.78, 5) is 25.0. The second kappa shape index (κ2) is 11.5. The first-order valence-corrected chi connectivity index (χ1v) is 13.1. The zero-order valence-electron chi connectivity index (χ0n) is 19.9. The van der Waals surface area contributed by atoms with Crippen molar-refractivity contribution in [3.05, 3.63) is 102 Å². The lowest BCUT2D eigenvalue weighted by atomic mass is 10.0. The van der Waals surface area contributed by atoms with E-state index in [1.54, 1.807) is 60.7 Å². The number of hydrogen-bond donors (Lipinski definition) is 0. The number of carbonyl (C=O) groups excluding carboxylic acids is 2. The first-order chi connectivity index (χ1) is 17.3. The predicted octanol–water partition coefficient (Wildman–Crippen LogP) is 4.67. The minimum Gasteiger partial charge on any atom is -0.462 e. The van der Waals surface area contributed by atoms with Crippen LogP contribution in [0.1, 0.15) is 32.7 Å². The number of carbonyl (C=O) groups is 2. The topological polar surface area (TPSA) is 96.0 Å². The Labute approximate surface area is 211 Å². The lowest BCUT2D eigenvalue weighted by Gasteiger charge is -2.18. The predicted molar refractivity (Wildman–Crippen MR) is 133 cm³/mol. The Morgan fingerprint density at radius 1 is 0.806 bits per heavy atom. The minimum atomic E-state index is -3.88. The standard InChI is InChI=1S/C28H28O7S/c1-20-12-14-25(15-13-20)36(31,32)35-19-23-16-26(23)24(17-33-27(29)21-8-4-2-5-9-21)18-34-28(30)22-10-6-3-7-11-22/h2-15,23-24,26H,16-19H2,1H3. The third-order valence-corrected chi connectivity index (χ3v) is 7.50. The average Bonchev–Trinajstić information content (AvgIpc) is 3.68. The monoisotopic (exact) mass is 508 g/mol. The van der Waals surface area contributed by atoms with Crippen molar-refractivity contribution in [1.82, 2.24) is 0 Å². The fourth-order valence-corrected chi connectivity index (χ4v) is 4.93. The molecule has 3 aromatic rings. The molecule has 3 aromatic carbocycles. The van der Waals surface area contributed by atoms with E-state index in [1.165, 1.54) is 12.1 Å². The van der Waals surface area contributed by atoms with Crippen LogP contribution in [-0.4, -0.2) is 40.2 Å². The van der Waals surface area contributed by atoms with Gasteiger partial charge in [0.2, 0.25) is 0 Å². The molecule has 0 saturated heterocycles. The molecule has 0 N–H and O–H groups in total. The highest BCUT2D eigenvalue weighted by molar-refractivity contribution is 7.86. The Hall–Kier alpha value is -3.49. The fourth-order valence-electron chi connectivity index (χ4n) is 3.97. The SMILES string of the molecule is Cc1ccc(S(=O)(=O)OCC2CC2C(COC(=O)c2ccccc2)COC(=O)c2ccccc2)cc1. The molecular formula is C28H28O7S. The van der Waals surface area contributed by atoms with E-state index in [0.29, 0.717) is 17.5 Å². The van der Waals surface area contributed by atoms with E-state index in [0.717, 1.165) is 5.56 Å². The molecule has 0 heterocycles. The molecule has 1 aliphatic carbocycles. The van der Waals surface area contributed by atoms with Crippen molar-refractivity contribution in [1.29, 1.82) is 0 Å². The third-order valence-electron chi connectivity index (χ3n) is 6.21. The molecule has 0 aliphatic heterocycles. The van der Waals surface area contributed by atoms with Crippen LogP contribution in [0.3, 0.4) is 0 Å². The number of hydrogen-bond acceptors (Lipinski definition) is 7. The Kier molecular flexibility index (Phi) is 8.18. The first-order valence-electron chi connectivity index (χ1n) is 11.7. The van der Waals surface area contributed by atoms with Crippen LogP contribution in [0.5, 0.6) is 0 Å².